The quantitative estimate of drug-likeness (QED) is 0.378. The van der Waals surface area contributed by atoms with Gasteiger partial charge in [-0.25, -0.2) is 4.99 Å². The van der Waals surface area contributed by atoms with Gasteiger partial charge in [0.2, 0.25) is 5.96 Å². The van der Waals surface area contributed by atoms with Crippen LogP contribution in [0.15, 0.2) is 20.1 Å². The van der Waals surface area contributed by atoms with Crippen LogP contribution in [0.3, 0.4) is 0 Å². The van der Waals surface area contributed by atoms with E-state index >= 15 is 0 Å². The van der Waals surface area contributed by atoms with Crippen molar-refractivity contribution in [3.05, 3.63) is 0 Å². The molecule has 1 saturated heterocycles. The van der Waals surface area contributed by atoms with Crippen molar-refractivity contribution in [3.8, 4) is 0 Å². The molecule has 2 bridgehead atoms. The summed E-state index contributed by atoms with van der Waals surface area (Å²) in [5.74, 6) is 2.55. The van der Waals surface area contributed by atoms with Crippen LogP contribution >= 0.6 is 0 Å². The molecular formula is C26H46N6. The van der Waals surface area contributed by atoms with E-state index in [1.807, 2.05) is 0 Å². The molecule has 1 atom stereocenters. The van der Waals surface area contributed by atoms with E-state index in [9.17, 15) is 0 Å². The van der Waals surface area contributed by atoms with Crippen LogP contribution in [0.5, 0.6) is 0 Å². The lowest BCUT2D eigenvalue weighted by molar-refractivity contribution is -0.0666. The lowest BCUT2D eigenvalue weighted by Gasteiger charge is -2.62. The lowest BCUT2D eigenvalue weighted by atomic mass is 9.58. The van der Waals surface area contributed by atoms with Crippen LogP contribution in [0.2, 0.25) is 0 Å². The molecule has 3 aliphatic rings. The van der Waals surface area contributed by atoms with E-state index in [0.29, 0.717) is 5.96 Å². The summed E-state index contributed by atoms with van der Waals surface area (Å²) < 4.78 is 0. The Morgan fingerprint density at radius 3 is 2.19 bits per heavy atom. The molecule has 0 aromatic rings. The zero-order valence-electron chi connectivity index (χ0n) is 22.3. The van der Waals surface area contributed by atoms with Crippen molar-refractivity contribution in [1.29, 1.82) is 0 Å². The highest BCUT2D eigenvalue weighted by atomic mass is 15.5. The maximum Gasteiger partial charge on any atom is 0.226 e. The van der Waals surface area contributed by atoms with Crippen molar-refractivity contribution >= 4 is 23.8 Å². The summed E-state index contributed by atoms with van der Waals surface area (Å²) in [4.78, 5) is 14.6. The van der Waals surface area contributed by atoms with Gasteiger partial charge in [0.25, 0.3) is 0 Å². The maximum absolute atomic E-state index is 5.02. The van der Waals surface area contributed by atoms with Gasteiger partial charge in [-0.1, -0.05) is 40.5 Å². The number of unbranched alkanes of at least 4 members (excludes halogenated alkanes) is 3. The summed E-state index contributed by atoms with van der Waals surface area (Å²) in [5.41, 5.74) is -0.365. The van der Waals surface area contributed by atoms with Gasteiger partial charge in [-0.15, -0.1) is 0 Å². The lowest BCUT2D eigenvalue weighted by Crippen LogP contribution is -2.73. The molecule has 0 aromatic carbocycles. The topological polar surface area (TPSA) is 64.7 Å². The van der Waals surface area contributed by atoms with Gasteiger partial charge in [0.1, 0.15) is 5.41 Å². The summed E-state index contributed by atoms with van der Waals surface area (Å²) in [7, 11) is 0. The average molecular weight is 443 g/mol. The van der Waals surface area contributed by atoms with E-state index < -0.39 is 0 Å². The molecule has 32 heavy (non-hydrogen) atoms. The predicted octanol–water partition coefficient (Wildman–Crippen LogP) is 6.18. The molecule has 0 radical (unpaired) electrons. The summed E-state index contributed by atoms with van der Waals surface area (Å²) >= 11 is 0. The average Bonchev–Trinajstić information content (AvgIpc) is 2.60. The number of rotatable bonds is 7. The number of nitrogens with zero attached hydrogens (tertiary/aromatic N) is 5. The van der Waals surface area contributed by atoms with Gasteiger partial charge in [-0.05, 0) is 79.1 Å². The largest absolute Gasteiger partial charge is 0.349 e. The zero-order valence-corrected chi connectivity index (χ0v) is 22.3. The molecule has 1 fully saturated rings. The van der Waals surface area contributed by atoms with E-state index in [1.165, 1.54) is 19.3 Å². The summed E-state index contributed by atoms with van der Waals surface area (Å²) in [6.45, 7) is 22.7. The van der Waals surface area contributed by atoms with Crippen molar-refractivity contribution in [3.63, 3.8) is 0 Å². The molecule has 0 saturated carbocycles. The third-order valence-electron chi connectivity index (χ3n) is 7.21. The number of hydrogen-bond acceptors (Lipinski definition) is 6. The van der Waals surface area contributed by atoms with E-state index in [0.717, 1.165) is 37.4 Å². The molecule has 0 amide bonds. The number of nitrogens with one attached hydrogen (secondary N) is 1. The molecule has 3 aliphatic heterocycles. The summed E-state index contributed by atoms with van der Waals surface area (Å²) in [6, 6.07) is 0. The van der Waals surface area contributed by atoms with Crippen LogP contribution in [0.1, 0.15) is 114 Å². The van der Waals surface area contributed by atoms with E-state index in [-0.39, 0.29) is 27.4 Å². The second kappa shape index (κ2) is 8.25. The van der Waals surface area contributed by atoms with Gasteiger partial charge in [-0.2, -0.15) is 15.1 Å². The standard InChI is InChI=1S/C26H46N6/c1-11-12-13-14-17-27-32-24(7,8)15-16-26(25(32,9)10)19-28-20(26)30-21(29-19)31-23(5,6)18-22(2,3)4/h17H,11-16,18H2,1-10H3,(H,28,29,30,31). The Bertz CT molecular complexity index is 830. The van der Waals surface area contributed by atoms with Gasteiger partial charge in [0.05, 0.1) is 11.1 Å². The molecule has 180 valence electrons. The maximum atomic E-state index is 5.02. The monoisotopic (exact) mass is 442 g/mol. The molecular weight excluding hydrogens is 396 g/mol. The van der Waals surface area contributed by atoms with E-state index in [4.69, 9.17) is 20.1 Å². The smallest absolute Gasteiger partial charge is 0.226 e. The Hall–Kier alpha value is -1.72. The van der Waals surface area contributed by atoms with Crippen molar-refractivity contribution in [2.45, 2.75) is 131 Å². The van der Waals surface area contributed by atoms with Crippen molar-refractivity contribution in [1.82, 2.24) is 10.3 Å². The van der Waals surface area contributed by atoms with Crippen molar-refractivity contribution < 1.29 is 0 Å². The minimum atomic E-state index is -0.248. The second-order valence-electron chi connectivity index (χ2n) is 12.9. The van der Waals surface area contributed by atoms with Gasteiger partial charge < -0.3 is 5.32 Å². The third kappa shape index (κ3) is 4.51. The first-order valence-electron chi connectivity index (χ1n) is 12.5. The first-order chi connectivity index (χ1) is 14.6. The van der Waals surface area contributed by atoms with Crippen LogP contribution in [0.25, 0.3) is 0 Å². The fourth-order valence-electron chi connectivity index (χ4n) is 6.07. The molecule has 3 rings (SSSR count). The van der Waals surface area contributed by atoms with Crippen molar-refractivity contribution in [2.75, 3.05) is 0 Å². The molecule has 6 nitrogen and oxygen atoms in total. The number of hydrogen-bond donors (Lipinski definition) is 1. The highest BCUT2D eigenvalue weighted by Crippen LogP contribution is 2.56. The van der Waals surface area contributed by atoms with Gasteiger partial charge >= 0.3 is 0 Å². The first-order valence-corrected chi connectivity index (χ1v) is 12.5. The highest BCUT2D eigenvalue weighted by Gasteiger charge is 2.66. The van der Waals surface area contributed by atoms with Crippen LogP contribution in [0, 0.1) is 10.8 Å². The third-order valence-corrected chi connectivity index (χ3v) is 7.21. The SMILES string of the molecule is CCCCCC=NN1C(C)(C)CCC2(c3nc(NC(C)(C)CC(C)(C)C)nc2n3)C1(C)C. The zero-order chi connectivity index (χ0) is 24.0. The Morgan fingerprint density at radius 1 is 0.969 bits per heavy atom. The van der Waals surface area contributed by atoms with Crippen LogP contribution in [-0.4, -0.2) is 45.5 Å². The summed E-state index contributed by atoms with van der Waals surface area (Å²) in [5, 5.41) is 10.9. The molecule has 6 heteroatoms. The van der Waals surface area contributed by atoms with Crippen LogP contribution in [-0.2, 0) is 0 Å². The van der Waals surface area contributed by atoms with Crippen molar-refractivity contribution in [2.24, 2.45) is 30.9 Å². The Kier molecular flexibility index (Phi) is 6.42. The molecule has 1 N–H and O–H groups in total. The summed E-state index contributed by atoms with van der Waals surface area (Å²) in [6.07, 6.45) is 9.90. The van der Waals surface area contributed by atoms with Crippen LogP contribution < -0.4 is 5.32 Å². The molecule has 0 aromatic heterocycles. The second-order valence-corrected chi connectivity index (χ2v) is 12.9. The van der Waals surface area contributed by atoms with Gasteiger partial charge in [-0.3, -0.25) is 5.01 Å². The number of amidine groups is 2. The van der Waals surface area contributed by atoms with E-state index in [2.05, 4.69) is 85.8 Å². The fourth-order valence-corrected chi connectivity index (χ4v) is 6.07. The number of hydrazone groups is 1. The molecule has 1 spiro atoms. The highest BCUT2D eigenvalue weighted by molar-refractivity contribution is 6.31. The number of piperidine rings is 1. The fraction of sp³-hybridized carbons (Fsp3) is 0.846. The van der Waals surface area contributed by atoms with Crippen LogP contribution in [0.4, 0.5) is 0 Å². The minimum Gasteiger partial charge on any atom is -0.349 e. The number of aliphatic imine (C=N–C) groups is 3. The van der Waals surface area contributed by atoms with Gasteiger partial charge in [0.15, 0.2) is 11.7 Å². The van der Waals surface area contributed by atoms with E-state index in [1.54, 1.807) is 0 Å². The minimum absolute atomic E-state index is 0.0134. The Labute approximate surface area is 196 Å². The first kappa shape index (κ1) is 24.9. The predicted molar refractivity (Wildman–Crippen MR) is 138 cm³/mol. The van der Waals surface area contributed by atoms with Gasteiger partial charge in [0, 0.05) is 11.8 Å². The normalized spacial score (nSPS) is 26.6. The Morgan fingerprint density at radius 2 is 1.62 bits per heavy atom. The molecule has 1 unspecified atom stereocenters. The number of guanidine groups is 1. The molecule has 3 heterocycles. The molecule has 0 aliphatic carbocycles. The Balaban J connectivity index is 1.81.